The SMILES string of the molecule is Nc1nc2cnccc2n1-c1ccc(Br)cc1F. The van der Waals surface area contributed by atoms with E-state index in [2.05, 4.69) is 25.9 Å². The molecule has 0 saturated carbocycles. The standard InChI is InChI=1S/C12H8BrFN4/c13-7-1-2-10(8(14)5-7)18-11-3-4-16-6-9(11)17-12(18)15/h1-6H,(H2,15,17). The van der Waals surface area contributed by atoms with Gasteiger partial charge in [-0.05, 0) is 24.3 Å². The summed E-state index contributed by atoms with van der Waals surface area (Å²) in [5.41, 5.74) is 7.57. The lowest BCUT2D eigenvalue weighted by Crippen LogP contribution is -2.02. The van der Waals surface area contributed by atoms with Gasteiger partial charge in [-0.2, -0.15) is 0 Å². The number of halogens is 2. The Hall–Kier alpha value is -1.95. The first-order chi connectivity index (χ1) is 8.66. The van der Waals surface area contributed by atoms with Crippen molar-refractivity contribution in [1.29, 1.82) is 0 Å². The average molecular weight is 307 g/mol. The number of hydrogen-bond donors (Lipinski definition) is 1. The van der Waals surface area contributed by atoms with Crippen LogP contribution in [-0.2, 0) is 0 Å². The number of anilines is 1. The molecule has 0 fully saturated rings. The Morgan fingerprint density at radius 3 is 2.89 bits per heavy atom. The van der Waals surface area contributed by atoms with Crippen LogP contribution in [0.1, 0.15) is 0 Å². The van der Waals surface area contributed by atoms with Gasteiger partial charge in [0.15, 0.2) is 0 Å². The molecule has 0 aliphatic carbocycles. The predicted octanol–water partition coefficient (Wildman–Crippen LogP) is 2.90. The molecule has 0 bridgehead atoms. The molecule has 0 amide bonds. The number of nitrogens with zero attached hydrogens (tertiary/aromatic N) is 3. The Bertz CT molecular complexity index is 738. The summed E-state index contributed by atoms with van der Waals surface area (Å²) in [5.74, 6) is -0.133. The summed E-state index contributed by atoms with van der Waals surface area (Å²) in [5, 5.41) is 0. The summed E-state index contributed by atoms with van der Waals surface area (Å²) < 4.78 is 16.2. The number of fused-ring (bicyclic) bond motifs is 1. The summed E-state index contributed by atoms with van der Waals surface area (Å²) in [6.07, 6.45) is 3.22. The van der Waals surface area contributed by atoms with Crippen molar-refractivity contribution in [1.82, 2.24) is 14.5 Å². The van der Waals surface area contributed by atoms with Crippen LogP contribution in [0.5, 0.6) is 0 Å². The molecule has 18 heavy (non-hydrogen) atoms. The zero-order valence-corrected chi connectivity index (χ0v) is 10.7. The minimum absolute atomic E-state index is 0.235. The van der Waals surface area contributed by atoms with Crippen LogP contribution in [0.25, 0.3) is 16.7 Å². The van der Waals surface area contributed by atoms with Crippen LogP contribution in [0.15, 0.2) is 41.1 Å². The average Bonchev–Trinajstić information content (AvgIpc) is 2.66. The number of nitrogen functional groups attached to an aromatic ring is 1. The van der Waals surface area contributed by atoms with Crippen molar-refractivity contribution in [3.63, 3.8) is 0 Å². The normalized spacial score (nSPS) is 11.0. The molecule has 4 nitrogen and oxygen atoms in total. The highest BCUT2D eigenvalue weighted by molar-refractivity contribution is 9.10. The van der Waals surface area contributed by atoms with Crippen molar-refractivity contribution in [3.05, 3.63) is 46.9 Å². The van der Waals surface area contributed by atoms with E-state index in [9.17, 15) is 4.39 Å². The molecule has 3 aromatic rings. The van der Waals surface area contributed by atoms with Gasteiger partial charge in [-0.1, -0.05) is 15.9 Å². The quantitative estimate of drug-likeness (QED) is 0.752. The van der Waals surface area contributed by atoms with Crippen molar-refractivity contribution in [2.45, 2.75) is 0 Å². The van der Waals surface area contributed by atoms with Gasteiger partial charge in [0.05, 0.1) is 17.4 Å². The third-order valence-electron chi connectivity index (χ3n) is 2.63. The van der Waals surface area contributed by atoms with E-state index in [1.807, 2.05) is 0 Å². The number of aromatic nitrogens is 3. The topological polar surface area (TPSA) is 56.7 Å². The number of imidazole rings is 1. The molecule has 2 N–H and O–H groups in total. The van der Waals surface area contributed by atoms with Crippen molar-refractivity contribution >= 4 is 32.9 Å². The molecule has 0 saturated heterocycles. The second-order valence-corrected chi connectivity index (χ2v) is 4.68. The second-order valence-electron chi connectivity index (χ2n) is 3.77. The number of benzene rings is 1. The molecular weight excluding hydrogens is 299 g/mol. The minimum atomic E-state index is -0.368. The van der Waals surface area contributed by atoms with Crippen molar-refractivity contribution < 1.29 is 4.39 Å². The first-order valence-electron chi connectivity index (χ1n) is 5.20. The van der Waals surface area contributed by atoms with Gasteiger partial charge in [-0.3, -0.25) is 9.55 Å². The Labute approximate surface area is 110 Å². The lowest BCUT2D eigenvalue weighted by Gasteiger charge is -2.07. The van der Waals surface area contributed by atoms with E-state index in [0.29, 0.717) is 15.7 Å². The van der Waals surface area contributed by atoms with Gasteiger partial charge in [0.25, 0.3) is 0 Å². The van der Waals surface area contributed by atoms with E-state index < -0.39 is 0 Å². The molecule has 0 radical (unpaired) electrons. The lowest BCUT2D eigenvalue weighted by atomic mass is 10.3. The van der Waals surface area contributed by atoms with Crippen LogP contribution in [-0.4, -0.2) is 14.5 Å². The molecule has 0 unspecified atom stereocenters. The fraction of sp³-hybridized carbons (Fsp3) is 0. The molecule has 0 atom stereocenters. The van der Waals surface area contributed by atoms with Gasteiger partial charge < -0.3 is 5.73 Å². The maximum absolute atomic E-state index is 14.0. The Morgan fingerprint density at radius 1 is 1.28 bits per heavy atom. The van der Waals surface area contributed by atoms with Crippen LogP contribution in [0, 0.1) is 5.82 Å². The third kappa shape index (κ3) is 1.65. The summed E-state index contributed by atoms with van der Waals surface area (Å²) in [4.78, 5) is 8.12. The van der Waals surface area contributed by atoms with Crippen LogP contribution < -0.4 is 5.73 Å². The summed E-state index contributed by atoms with van der Waals surface area (Å²) in [7, 11) is 0. The van der Waals surface area contributed by atoms with Crippen LogP contribution in [0.2, 0.25) is 0 Å². The maximum atomic E-state index is 14.0. The smallest absolute Gasteiger partial charge is 0.206 e. The highest BCUT2D eigenvalue weighted by Crippen LogP contribution is 2.25. The third-order valence-corrected chi connectivity index (χ3v) is 3.13. The number of nitrogens with two attached hydrogens (primary N) is 1. The monoisotopic (exact) mass is 306 g/mol. The molecule has 3 rings (SSSR count). The number of pyridine rings is 1. The fourth-order valence-corrected chi connectivity index (χ4v) is 2.20. The Balaban J connectivity index is 2.34. The molecule has 90 valence electrons. The number of hydrogen-bond acceptors (Lipinski definition) is 3. The maximum Gasteiger partial charge on any atom is 0.206 e. The molecule has 0 aliphatic heterocycles. The molecule has 0 aliphatic rings. The van der Waals surface area contributed by atoms with Crippen molar-refractivity contribution in [3.8, 4) is 5.69 Å². The predicted molar refractivity (Wildman–Crippen MR) is 70.9 cm³/mol. The van der Waals surface area contributed by atoms with E-state index in [-0.39, 0.29) is 11.8 Å². The van der Waals surface area contributed by atoms with Gasteiger partial charge in [0.2, 0.25) is 5.95 Å². The van der Waals surface area contributed by atoms with E-state index in [1.165, 1.54) is 6.07 Å². The van der Waals surface area contributed by atoms with Gasteiger partial charge in [-0.25, -0.2) is 9.37 Å². The summed E-state index contributed by atoms with van der Waals surface area (Å²) in [6.45, 7) is 0. The molecule has 1 aromatic carbocycles. The zero-order chi connectivity index (χ0) is 12.7. The van der Waals surface area contributed by atoms with E-state index in [1.54, 1.807) is 35.2 Å². The highest BCUT2D eigenvalue weighted by Gasteiger charge is 2.13. The Kier molecular flexibility index (Phi) is 2.52. The molecule has 0 spiro atoms. The number of rotatable bonds is 1. The molecule has 2 aromatic heterocycles. The van der Waals surface area contributed by atoms with Gasteiger partial charge in [0.1, 0.15) is 11.3 Å². The van der Waals surface area contributed by atoms with Crippen LogP contribution in [0.4, 0.5) is 10.3 Å². The van der Waals surface area contributed by atoms with E-state index in [0.717, 1.165) is 5.52 Å². The minimum Gasteiger partial charge on any atom is -0.369 e. The molecule has 6 heteroatoms. The first-order valence-corrected chi connectivity index (χ1v) is 5.99. The summed E-state index contributed by atoms with van der Waals surface area (Å²) >= 11 is 3.22. The highest BCUT2D eigenvalue weighted by atomic mass is 79.9. The zero-order valence-electron chi connectivity index (χ0n) is 9.14. The summed E-state index contributed by atoms with van der Waals surface area (Å²) in [6, 6.07) is 6.55. The van der Waals surface area contributed by atoms with Crippen LogP contribution in [0.3, 0.4) is 0 Å². The van der Waals surface area contributed by atoms with Crippen molar-refractivity contribution in [2.24, 2.45) is 0 Å². The van der Waals surface area contributed by atoms with Gasteiger partial charge in [-0.15, -0.1) is 0 Å². The van der Waals surface area contributed by atoms with Crippen molar-refractivity contribution in [2.75, 3.05) is 5.73 Å². The van der Waals surface area contributed by atoms with E-state index in [4.69, 9.17) is 5.73 Å². The first kappa shape index (κ1) is 11.2. The van der Waals surface area contributed by atoms with Crippen LogP contribution >= 0.6 is 15.9 Å². The second kappa shape index (κ2) is 4.06. The van der Waals surface area contributed by atoms with E-state index >= 15 is 0 Å². The van der Waals surface area contributed by atoms with Gasteiger partial charge >= 0.3 is 0 Å². The van der Waals surface area contributed by atoms with Gasteiger partial charge in [0, 0.05) is 10.7 Å². The fourth-order valence-electron chi connectivity index (χ4n) is 1.87. The lowest BCUT2D eigenvalue weighted by molar-refractivity contribution is 0.619. The molecule has 2 heterocycles. The molecular formula is C12H8BrFN4. The largest absolute Gasteiger partial charge is 0.369 e. The Morgan fingerprint density at radius 2 is 2.11 bits per heavy atom.